The summed E-state index contributed by atoms with van der Waals surface area (Å²) in [5.41, 5.74) is 1.32. The number of benzene rings is 1. The molecule has 2 fully saturated rings. The summed E-state index contributed by atoms with van der Waals surface area (Å²) in [6, 6.07) is 7.38. The van der Waals surface area contributed by atoms with Gasteiger partial charge in [0.2, 0.25) is 15.9 Å². The van der Waals surface area contributed by atoms with Crippen LogP contribution in [-0.4, -0.2) is 48.0 Å². The third-order valence-corrected chi connectivity index (χ3v) is 8.22. The summed E-state index contributed by atoms with van der Waals surface area (Å²) in [4.78, 5) is 12.8. The van der Waals surface area contributed by atoms with Crippen molar-refractivity contribution < 1.29 is 13.2 Å². The van der Waals surface area contributed by atoms with Crippen molar-refractivity contribution in [2.75, 3.05) is 30.3 Å². The number of carbonyl (C=O) groups is 1. The van der Waals surface area contributed by atoms with Crippen LogP contribution >= 0.6 is 0 Å². The number of nitrogens with one attached hydrogen (secondary N) is 2. The van der Waals surface area contributed by atoms with Crippen molar-refractivity contribution in [2.45, 2.75) is 62.8 Å². The molecule has 8 nitrogen and oxygen atoms in total. The minimum atomic E-state index is -3.53. The topological polar surface area (TPSA) is 96.3 Å². The van der Waals surface area contributed by atoms with E-state index in [0.29, 0.717) is 41.1 Å². The Balaban J connectivity index is 1.40. The van der Waals surface area contributed by atoms with Crippen LogP contribution in [0.1, 0.15) is 56.6 Å². The predicted molar refractivity (Wildman–Crippen MR) is 121 cm³/mol. The minimum absolute atomic E-state index is 0.0438. The summed E-state index contributed by atoms with van der Waals surface area (Å²) >= 11 is 0. The number of sulfonamides is 1. The van der Waals surface area contributed by atoms with Crippen molar-refractivity contribution in [2.24, 2.45) is 0 Å². The van der Waals surface area contributed by atoms with E-state index < -0.39 is 10.0 Å². The first-order valence-electron chi connectivity index (χ1n) is 11.1. The molecule has 31 heavy (non-hydrogen) atoms. The highest BCUT2D eigenvalue weighted by atomic mass is 32.2. The van der Waals surface area contributed by atoms with E-state index in [-0.39, 0.29) is 12.5 Å². The zero-order chi connectivity index (χ0) is 21.8. The first-order chi connectivity index (χ1) is 14.9. The summed E-state index contributed by atoms with van der Waals surface area (Å²) in [6.45, 7) is 2.98. The van der Waals surface area contributed by atoms with E-state index >= 15 is 0 Å². The average Bonchev–Trinajstić information content (AvgIpc) is 3.45. The molecule has 2 aliphatic rings. The van der Waals surface area contributed by atoms with Gasteiger partial charge in [-0.1, -0.05) is 25.3 Å². The molecular formula is C22H31N5O3S. The summed E-state index contributed by atoms with van der Waals surface area (Å²) in [6.07, 6.45) is 9.12. The number of hydrogen-bond donors (Lipinski definition) is 2. The molecule has 9 heteroatoms. The normalized spacial score (nSPS) is 18.2. The molecule has 0 radical (unpaired) electrons. The van der Waals surface area contributed by atoms with Crippen LogP contribution in [0.25, 0.3) is 0 Å². The lowest BCUT2D eigenvalue weighted by atomic mass is 10.2. The van der Waals surface area contributed by atoms with Gasteiger partial charge in [-0.25, -0.2) is 13.1 Å². The number of nitrogens with zero attached hydrogens (tertiary/aromatic N) is 3. The van der Waals surface area contributed by atoms with Crippen molar-refractivity contribution in [1.82, 2.24) is 14.1 Å². The fourth-order valence-electron chi connectivity index (χ4n) is 4.45. The summed E-state index contributed by atoms with van der Waals surface area (Å²) in [7, 11) is -3.53. The van der Waals surface area contributed by atoms with Crippen LogP contribution in [-0.2, 0) is 14.8 Å². The van der Waals surface area contributed by atoms with E-state index in [1.165, 1.54) is 12.8 Å². The Morgan fingerprint density at radius 2 is 1.84 bits per heavy atom. The van der Waals surface area contributed by atoms with Gasteiger partial charge in [0.1, 0.15) is 5.82 Å². The van der Waals surface area contributed by atoms with Gasteiger partial charge in [-0.15, -0.1) is 0 Å². The Kier molecular flexibility index (Phi) is 6.62. The van der Waals surface area contributed by atoms with Crippen molar-refractivity contribution >= 4 is 27.4 Å². The van der Waals surface area contributed by atoms with Crippen LogP contribution in [0.3, 0.4) is 0 Å². The average molecular weight is 446 g/mol. The Bertz CT molecular complexity index is 1020. The molecule has 2 heterocycles. The van der Waals surface area contributed by atoms with Crippen LogP contribution in [0.4, 0.5) is 11.5 Å². The maximum absolute atomic E-state index is 13.1. The molecule has 0 spiro atoms. The van der Waals surface area contributed by atoms with Crippen molar-refractivity contribution in [3.63, 3.8) is 0 Å². The van der Waals surface area contributed by atoms with Crippen LogP contribution in [0, 0.1) is 6.92 Å². The molecule has 0 unspecified atom stereocenters. The first kappa shape index (κ1) is 21.8. The summed E-state index contributed by atoms with van der Waals surface area (Å²) < 4.78 is 29.6. The summed E-state index contributed by atoms with van der Waals surface area (Å²) in [5.74, 6) is 0.511. The van der Waals surface area contributed by atoms with Gasteiger partial charge in [0.25, 0.3) is 0 Å². The molecule has 1 saturated carbocycles. The van der Waals surface area contributed by atoms with Gasteiger partial charge in [0, 0.05) is 24.8 Å². The van der Waals surface area contributed by atoms with Crippen LogP contribution < -0.4 is 10.6 Å². The maximum atomic E-state index is 13.1. The van der Waals surface area contributed by atoms with Crippen LogP contribution in [0.5, 0.6) is 0 Å². The highest BCUT2D eigenvalue weighted by molar-refractivity contribution is 7.89. The monoisotopic (exact) mass is 445 g/mol. The van der Waals surface area contributed by atoms with E-state index in [9.17, 15) is 13.2 Å². The van der Waals surface area contributed by atoms with Crippen molar-refractivity contribution in [3.05, 3.63) is 36.0 Å². The molecule has 1 aromatic carbocycles. The van der Waals surface area contributed by atoms with E-state index in [2.05, 4.69) is 15.7 Å². The Morgan fingerprint density at radius 1 is 1.10 bits per heavy atom. The number of amides is 1. The number of carbonyl (C=O) groups excluding carboxylic acids is 1. The zero-order valence-electron chi connectivity index (χ0n) is 18.0. The number of anilines is 2. The Morgan fingerprint density at radius 3 is 2.58 bits per heavy atom. The van der Waals surface area contributed by atoms with Crippen LogP contribution in [0.2, 0.25) is 0 Å². The number of piperidine rings is 1. The molecule has 1 saturated heterocycles. The molecular weight excluding hydrogens is 414 g/mol. The lowest BCUT2D eigenvalue weighted by Crippen LogP contribution is -2.36. The fourth-order valence-corrected chi connectivity index (χ4v) is 6.22. The second-order valence-electron chi connectivity index (χ2n) is 8.45. The third kappa shape index (κ3) is 4.93. The molecule has 1 aliphatic carbocycles. The molecule has 168 valence electrons. The van der Waals surface area contributed by atoms with Crippen LogP contribution in [0.15, 0.2) is 35.4 Å². The summed E-state index contributed by atoms with van der Waals surface area (Å²) in [5, 5.41) is 10.4. The van der Waals surface area contributed by atoms with E-state index in [4.69, 9.17) is 0 Å². The molecule has 0 bridgehead atoms. The van der Waals surface area contributed by atoms with E-state index in [1.54, 1.807) is 35.6 Å². The van der Waals surface area contributed by atoms with Crippen molar-refractivity contribution in [3.8, 4) is 0 Å². The molecule has 0 atom stereocenters. The van der Waals surface area contributed by atoms with Gasteiger partial charge < -0.3 is 10.6 Å². The zero-order valence-corrected chi connectivity index (χ0v) is 18.8. The lowest BCUT2D eigenvalue weighted by Gasteiger charge is -2.26. The van der Waals surface area contributed by atoms with Gasteiger partial charge >= 0.3 is 0 Å². The van der Waals surface area contributed by atoms with E-state index in [0.717, 1.165) is 32.1 Å². The lowest BCUT2D eigenvalue weighted by molar-refractivity contribution is -0.114. The highest BCUT2D eigenvalue weighted by Crippen LogP contribution is 2.31. The molecule has 1 aromatic heterocycles. The second-order valence-corrected chi connectivity index (χ2v) is 10.4. The standard InChI is InChI=1S/C22H31N5O3S/c1-17-9-10-18(15-20(17)31(29,30)26-13-5-2-6-14-26)23-16-22(28)25-21-11-12-24-27(21)19-7-3-4-8-19/h9-12,15,19,23H,2-8,13-14,16H2,1H3,(H,25,28). The smallest absolute Gasteiger partial charge is 0.244 e. The highest BCUT2D eigenvalue weighted by Gasteiger charge is 2.27. The molecule has 4 rings (SSSR count). The molecule has 1 aliphatic heterocycles. The van der Waals surface area contributed by atoms with Crippen molar-refractivity contribution in [1.29, 1.82) is 0 Å². The first-order valence-corrected chi connectivity index (χ1v) is 12.6. The molecule has 2 aromatic rings. The largest absolute Gasteiger partial charge is 0.376 e. The quantitative estimate of drug-likeness (QED) is 0.680. The predicted octanol–water partition coefficient (Wildman–Crippen LogP) is 3.53. The Labute approximate surface area is 184 Å². The SMILES string of the molecule is Cc1ccc(NCC(=O)Nc2ccnn2C2CCCC2)cc1S(=O)(=O)N1CCCCC1. The van der Waals surface area contributed by atoms with Gasteiger partial charge in [0.05, 0.1) is 23.7 Å². The molecule has 1 amide bonds. The minimum Gasteiger partial charge on any atom is -0.376 e. The Hall–Kier alpha value is -2.39. The second kappa shape index (κ2) is 9.40. The van der Waals surface area contributed by atoms with Gasteiger partial charge in [-0.2, -0.15) is 9.40 Å². The number of aryl methyl sites for hydroxylation is 1. The maximum Gasteiger partial charge on any atom is 0.244 e. The number of aromatic nitrogens is 2. The van der Waals surface area contributed by atoms with Gasteiger partial charge in [-0.3, -0.25) is 4.79 Å². The van der Waals surface area contributed by atoms with E-state index in [1.807, 2.05) is 10.7 Å². The fraction of sp³-hybridized carbons (Fsp3) is 0.545. The molecule has 2 N–H and O–H groups in total. The number of rotatable bonds is 7. The third-order valence-electron chi connectivity index (χ3n) is 6.18. The van der Waals surface area contributed by atoms with Gasteiger partial charge in [-0.05, 0) is 50.3 Å². The number of hydrogen-bond acceptors (Lipinski definition) is 5. The van der Waals surface area contributed by atoms with Gasteiger partial charge in [0.15, 0.2) is 0 Å².